The van der Waals surface area contributed by atoms with Gasteiger partial charge in [0.15, 0.2) is 0 Å². The van der Waals surface area contributed by atoms with Crippen molar-refractivity contribution in [2.45, 2.75) is 33.0 Å². The van der Waals surface area contributed by atoms with E-state index in [0.29, 0.717) is 0 Å². The molecule has 1 unspecified atom stereocenters. The third-order valence-corrected chi connectivity index (χ3v) is 3.70. The van der Waals surface area contributed by atoms with E-state index in [1.807, 2.05) is 0 Å². The van der Waals surface area contributed by atoms with Crippen LogP contribution in [-0.4, -0.2) is 50.0 Å². The van der Waals surface area contributed by atoms with E-state index in [1.54, 1.807) is 31.2 Å². The van der Waals surface area contributed by atoms with Crippen LogP contribution in [0, 0.1) is 0 Å². The molecule has 0 aliphatic rings. The monoisotopic (exact) mass is 448 g/mol. The quantitative estimate of drug-likeness (QED) is 0.216. The molecule has 0 saturated heterocycles. The Hall–Kier alpha value is -3.82. The molecule has 10 heteroatoms. The summed E-state index contributed by atoms with van der Waals surface area (Å²) in [4.78, 5) is 45.8. The molecule has 0 fully saturated rings. The van der Waals surface area contributed by atoms with Gasteiger partial charge in [-0.3, -0.25) is 0 Å². The second kappa shape index (κ2) is 14.2. The fraction of sp³-hybridized carbons (Fsp3) is 0.364. The van der Waals surface area contributed by atoms with Crippen LogP contribution in [0.4, 0.5) is 9.59 Å². The second-order valence-corrected chi connectivity index (χ2v) is 6.63. The van der Waals surface area contributed by atoms with Crippen LogP contribution in [0.2, 0.25) is 0 Å². The summed E-state index contributed by atoms with van der Waals surface area (Å²) < 4.78 is 19.6. The van der Waals surface area contributed by atoms with Crippen molar-refractivity contribution in [3.63, 3.8) is 0 Å². The number of carbonyl (C=O) groups excluding carboxylic acids is 4. The van der Waals surface area contributed by atoms with Crippen molar-refractivity contribution < 1.29 is 38.1 Å². The van der Waals surface area contributed by atoms with Crippen molar-refractivity contribution >= 4 is 24.1 Å². The molecule has 0 aromatic heterocycles. The van der Waals surface area contributed by atoms with Gasteiger partial charge in [-0.25, -0.2) is 19.2 Å². The molecule has 0 bridgehead atoms. The first-order valence-electron chi connectivity index (χ1n) is 9.76. The van der Waals surface area contributed by atoms with Crippen LogP contribution in [0.3, 0.4) is 0 Å². The molecule has 2 amide bonds. The number of amides is 2. The SMILES string of the molecule is C=CC(=O)OCCOC(=O)NCc1cccc(CNC(=O)OC(C)COC(=O)C(=C)C)c1. The lowest BCUT2D eigenvalue weighted by Gasteiger charge is -2.14. The van der Waals surface area contributed by atoms with Gasteiger partial charge >= 0.3 is 24.1 Å². The van der Waals surface area contributed by atoms with Gasteiger partial charge in [-0.05, 0) is 25.0 Å². The maximum atomic E-state index is 11.9. The van der Waals surface area contributed by atoms with Crippen LogP contribution in [0.1, 0.15) is 25.0 Å². The van der Waals surface area contributed by atoms with Gasteiger partial charge in [0.05, 0.1) is 0 Å². The molecule has 10 nitrogen and oxygen atoms in total. The molecule has 0 spiro atoms. The summed E-state index contributed by atoms with van der Waals surface area (Å²) in [6.07, 6.45) is -0.925. The summed E-state index contributed by atoms with van der Waals surface area (Å²) in [5.41, 5.74) is 1.83. The Balaban J connectivity index is 2.33. The molecule has 0 aliphatic carbocycles. The minimum atomic E-state index is -0.659. The molecule has 1 aromatic carbocycles. The highest BCUT2D eigenvalue weighted by Crippen LogP contribution is 2.06. The summed E-state index contributed by atoms with van der Waals surface area (Å²) >= 11 is 0. The van der Waals surface area contributed by atoms with Crippen molar-refractivity contribution in [2.24, 2.45) is 0 Å². The zero-order chi connectivity index (χ0) is 23.9. The molecule has 32 heavy (non-hydrogen) atoms. The predicted molar refractivity (Wildman–Crippen MR) is 114 cm³/mol. The fourth-order valence-electron chi connectivity index (χ4n) is 2.16. The molecule has 1 aromatic rings. The molecule has 174 valence electrons. The lowest BCUT2D eigenvalue weighted by atomic mass is 10.1. The Labute approximate surface area is 186 Å². The van der Waals surface area contributed by atoms with Crippen LogP contribution in [0.5, 0.6) is 0 Å². The minimum absolute atomic E-state index is 0.0650. The van der Waals surface area contributed by atoms with Crippen molar-refractivity contribution in [1.82, 2.24) is 10.6 Å². The molecular weight excluding hydrogens is 420 g/mol. The zero-order valence-corrected chi connectivity index (χ0v) is 18.2. The van der Waals surface area contributed by atoms with Crippen molar-refractivity contribution in [3.8, 4) is 0 Å². The summed E-state index contributed by atoms with van der Waals surface area (Å²) in [6, 6.07) is 7.17. The third-order valence-electron chi connectivity index (χ3n) is 3.70. The average molecular weight is 448 g/mol. The van der Waals surface area contributed by atoms with E-state index in [4.69, 9.17) is 18.9 Å². The van der Waals surface area contributed by atoms with Gasteiger partial charge < -0.3 is 29.6 Å². The third kappa shape index (κ3) is 11.4. The molecule has 0 heterocycles. The van der Waals surface area contributed by atoms with Gasteiger partial charge in [0.25, 0.3) is 0 Å². The van der Waals surface area contributed by atoms with Crippen LogP contribution in [-0.2, 0) is 41.6 Å². The molecule has 0 aliphatic heterocycles. The molecule has 0 radical (unpaired) electrons. The van der Waals surface area contributed by atoms with Gasteiger partial charge in [0, 0.05) is 24.7 Å². The number of hydrogen-bond acceptors (Lipinski definition) is 8. The Kier molecular flexibility index (Phi) is 11.7. The zero-order valence-electron chi connectivity index (χ0n) is 18.2. The molecule has 0 saturated carbocycles. The van der Waals surface area contributed by atoms with Gasteiger partial charge in [-0.15, -0.1) is 0 Å². The van der Waals surface area contributed by atoms with Crippen molar-refractivity contribution in [1.29, 1.82) is 0 Å². The predicted octanol–water partition coefficient (Wildman–Crippen LogP) is 2.38. The Morgan fingerprint density at radius 3 is 2.19 bits per heavy atom. The Bertz CT molecular complexity index is 837. The largest absolute Gasteiger partial charge is 0.459 e. The Morgan fingerprint density at radius 1 is 1.00 bits per heavy atom. The molecule has 2 N–H and O–H groups in total. The number of ether oxygens (including phenoxy) is 4. The highest BCUT2D eigenvalue weighted by molar-refractivity contribution is 5.86. The van der Waals surface area contributed by atoms with E-state index in [0.717, 1.165) is 17.2 Å². The lowest BCUT2D eigenvalue weighted by molar-refractivity contribution is -0.141. The van der Waals surface area contributed by atoms with E-state index in [1.165, 1.54) is 6.92 Å². The van der Waals surface area contributed by atoms with Crippen LogP contribution >= 0.6 is 0 Å². The fourth-order valence-corrected chi connectivity index (χ4v) is 2.16. The summed E-state index contributed by atoms with van der Waals surface area (Å²) in [5.74, 6) is -1.14. The van der Waals surface area contributed by atoms with Gasteiger partial charge in [0.2, 0.25) is 0 Å². The van der Waals surface area contributed by atoms with E-state index in [2.05, 4.69) is 23.8 Å². The molecule has 1 atom stereocenters. The summed E-state index contributed by atoms with van der Waals surface area (Å²) in [6.45, 7) is 10.0. The number of esters is 2. The number of alkyl carbamates (subject to hydrolysis) is 2. The highest BCUT2D eigenvalue weighted by atomic mass is 16.6. The second-order valence-electron chi connectivity index (χ2n) is 6.63. The summed E-state index contributed by atoms with van der Waals surface area (Å²) in [5, 5.41) is 5.17. The van der Waals surface area contributed by atoms with Crippen molar-refractivity contribution in [3.05, 3.63) is 60.2 Å². The number of nitrogens with one attached hydrogen (secondary N) is 2. The number of rotatable bonds is 12. The van der Waals surface area contributed by atoms with Gasteiger partial charge in [-0.1, -0.05) is 37.4 Å². The van der Waals surface area contributed by atoms with E-state index in [9.17, 15) is 19.2 Å². The molecule has 1 rings (SSSR count). The first kappa shape index (κ1) is 26.2. The van der Waals surface area contributed by atoms with Crippen LogP contribution in [0.15, 0.2) is 49.1 Å². The lowest BCUT2D eigenvalue weighted by Crippen LogP contribution is -2.30. The normalized spacial score (nSPS) is 10.8. The van der Waals surface area contributed by atoms with Crippen LogP contribution in [0.25, 0.3) is 0 Å². The first-order valence-corrected chi connectivity index (χ1v) is 9.76. The van der Waals surface area contributed by atoms with Gasteiger partial charge in [-0.2, -0.15) is 0 Å². The topological polar surface area (TPSA) is 129 Å². The van der Waals surface area contributed by atoms with Crippen molar-refractivity contribution in [2.75, 3.05) is 19.8 Å². The number of carbonyl (C=O) groups is 4. The number of hydrogen-bond donors (Lipinski definition) is 2. The maximum absolute atomic E-state index is 11.9. The highest BCUT2D eigenvalue weighted by Gasteiger charge is 2.12. The molecular formula is C22H28N2O8. The van der Waals surface area contributed by atoms with E-state index >= 15 is 0 Å². The Morgan fingerprint density at radius 2 is 1.59 bits per heavy atom. The number of benzene rings is 1. The first-order chi connectivity index (χ1) is 15.2. The summed E-state index contributed by atoms with van der Waals surface area (Å²) in [7, 11) is 0. The minimum Gasteiger partial charge on any atom is -0.459 e. The van der Waals surface area contributed by atoms with Crippen LogP contribution < -0.4 is 10.6 Å². The van der Waals surface area contributed by atoms with E-state index in [-0.39, 0.29) is 38.5 Å². The smallest absolute Gasteiger partial charge is 0.407 e. The maximum Gasteiger partial charge on any atom is 0.407 e. The average Bonchev–Trinajstić information content (AvgIpc) is 2.77. The van der Waals surface area contributed by atoms with Gasteiger partial charge in [0.1, 0.15) is 25.9 Å². The van der Waals surface area contributed by atoms with E-state index < -0.39 is 30.2 Å². The standard InChI is InChI=1S/C22H28N2O8/c1-5-19(25)29-9-10-30-21(27)23-12-17-7-6-8-18(11-17)13-24-22(28)32-16(4)14-31-20(26)15(2)3/h5-8,11,16H,1-2,9-10,12-14H2,3-4H3,(H,23,27)(H,24,28).